The molecule has 1 spiro atoms. The minimum Gasteiger partial charge on any atom is -0.352 e. The van der Waals surface area contributed by atoms with Gasteiger partial charge in [0.25, 0.3) is 0 Å². The van der Waals surface area contributed by atoms with Crippen molar-refractivity contribution in [2.75, 3.05) is 20.1 Å². The van der Waals surface area contributed by atoms with E-state index in [0.717, 1.165) is 19.5 Å². The van der Waals surface area contributed by atoms with Crippen LogP contribution in [0.1, 0.15) is 31.2 Å². The molecule has 1 aliphatic heterocycles. The van der Waals surface area contributed by atoms with Crippen LogP contribution in [0.4, 0.5) is 17.6 Å². The smallest absolute Gasteiger partial charge is 0.193 e. The number of nitrogens with zero attached hydrogens (tertiary/aromatic N) is 2. The van der Waals surface area contributed by atoms with Gasteiger partial charge in [-0.2, -0.15) is 0 Å². The summed E-state index contributed by atoms with van der Waals surface area (Å²) >= 11 is 0. The highest BCUT2D eigenvalue weighted by Gasteiger charge is 2.43. The molecule has 1 aliphatic carbocycles. The number of aliphatic imine (C=N–C) groups is 1. The number of rotatable bonds is 2. The van der Waals surface area contributed by atoms with Crippen LogP contribution in [0.15, 0.2) is 11.1 Å². The predicted octanol–water partition coefficient (Wildman–Crippen LogP) is 3.81. The molecule has 0 amide bonds. The molecule has 3 rings (SSSR count). The molecule has 24 heavy (non-hydrogen) atoms. The molecule has 0 atom stereocenters. The first-order valence-corrected chi connectivity index (χ1v) is 7.73. The molecule has 2 aliphatic rings. The second-order valence-electron chi connectivity index (χ2n) is 6.37. The van der Waals surface area contributed by atoms with Gasteiger partial charge in [0, 0.05) is 38.3 Å². The number of nitrogens with one attached hydrogen (secondary N) is 1. The van der Waals surface area contributed by atoms with Crippen molar-refractivity contribution < 1.29 is 17.6 Å². The van der Waals surface area contributed by atoms with E-state index in [9.17, 15) is 17.6 Å². The van der Waals surface area contributed by atoms with Gasteiger partial charge in [-0.15, -0.1) is 24.0 Å². The Bertz CT molecular complexity index is 620. The van der Waals surface area contributed by atoms with Gasteiger partial charge >= 0.3 is 0 Å². The molecular weight excluding hydrogens is 437 g/mol. The number of likely N-dealkylation sites (tertiary alicyclic amines) is 1. The van der Waals surface area contributed by atoms with Crippen molar-refractivity contribution in [2.45, 2.75) is 32.2 Å². The Labute approximate surface area is 155 Å². The van der Waals surface area contributed by atoms with Gasteiger partial charge in [-0.3, -0.25) is 4.99 Å². The molecule has 0 bridgehead atoms. The Morgan fingerprint density at radius 1 is 1.17 bits per heavy atom. The number of hydrogen-bond donors (Lipinski definition) is 1. The van der Waals surface area contributed by atoms with Crippen molar-refractivity contribution in [3.63, 3.8) is 0 Å². The Morgan fingerprint density at radius 2 is 1.79 bits per heavy atom. The average molecular weight is 457 g/mol. The van der Waals surface area contributed by atoms with Gasteiger partial charge in [0.15, 0.2) is 29.2 Å². The molecule has 1 aromatic carbocycles. The zero-order chi connectivity index (χ0) is 16.6. The molecule has 2 fully saturated rings. The Balaban J connectivity index is 0.00000208. The number of hydrogen-bond acceptors (Lipinski definition) is 1. The monoisotopic (exact) mass is 457 g/mol. The molecule has 0 aromatic heterocycles. The maximum absolute atomic E-state index is 13.7. The topological polar surface area (TPSA) is 27.6 Å². The van der Waals surface area contributed by atoms with E-state index >= 15 is 0 Å². The van der Waals surface area contributed by atoms with E-state index in [4.69, 9.17) is 0 Å². The third-order valence-corrected chi connectivity index (χ3v) is 4.99. The second-order valence-corrected chi connectivity index (χ2v) is 6.37. The zero-order valence-corrected chi connectivity index (χ0v) is 15.7. The van der Waals surface area contributed by atoms with Crippen molar-refractivity contribution >= 4 is 29.9 Å². The standard InChI is InChI=1S/C16H19F4N3.HI/c1-21-15(23-6-5-16(9-23)3-2-4-16)22-8-10-13(19)11(17)7-12(18)14(10)20;/h7H,2-6,8-9H2,1H3,(H,21,22);1H. The van der Waals surface area contributed by atoms with E-state index in [-0.39, 0.29) is 36.6 Å². The summed E-state index contributed by atoms with van der Waals surface area (Å²) in [5.41, 5.74) is -0.305. The molecule has 0 unspecified atom stereocenters. The highest BCUT2D eigenvalue weighted by Crippen LogP contribution is 2.47. The lowest BCUT2D eigenvalue weighted by Gasteiger charge is -2.38. The highest BCUT2D eigenvalue weighted by atomic mass is 127. The summed E-state index contributed by atoms with van der Waals surface area (Å²) in [5, 5.41) is 2.81. The van der Waals surface area contributed by atoms with Gasteiger partial charge in [0.2, 0.25) is 0 Å². The fourth-order valence-electron chi connectivity index (χ4n) is 3.48. The van der Waals surface area contributed by atoms with Crippen molar-refractivity contribution in [1.29, 1.82) is 0 Å². The lowest BCUT2D eigenvalue weighted by Crippen LogP contribution is -2.42. The van der Waals surface area contributed by atoms with Crippen molar-refractivity contribution in [2.24, 2.45) is 10.4 Å². The fraction of sp³-hybridized carbons (Fsp3) is 0.562. The molecule has 1 aromatic rings. The SMILES string of the molecule is CN=C(NCc1c(F)c(F)cc(F)c1F)N1CCC2(CCC2)C1.I. The lowest BCUT2D eigenvalue weighted by molar-refractivity contribution is 0.151. The van der Waals surface area contributed by atoms with Crippen LogP contribution < -0.4 is 5.32 Å². The van der Waals surface area contributed by atoms with Crippen molar-refractivity contribution in [3.05, 3.63) is 34.9 Å². The molecule has 1 N–H and O–H groups in total. The van der Waals surface area contributed by atoms with Gasteiger partial charge in [-0.25, -0.2) is 17.6 Å². The molecule has 1 saturated carbocycles. The second kappa shape index (κ2) is 7.45. The van der Waals surface area contributed by atoms with Crippen LogP contribution in [0, 0.1) is 28.7 Å². The van der Waals surface area contributed by atoms with E-state index in [1.807, 2.05) is 4.90 Å². The van der Waals surface area contributed by atoms with Crippen LogP contribution in [-0.4, -0.2) is 31.0 Å². The minimum atomic E-state index is -1.40. The lowest BCUT2D eigenvalue weighted by atomic mass is 9.68. The van der Waals surface area contributed by atoms with E-state index in [0.29, 0.717) is 11.4 Å². The molecule has 3 nitrogen and oxygen atoms in total. The van der Waals surface area contributed by atoms with Gasteiger partial charge in [-0.05, 0) is 24.7 Å². The van der Waals surface area contributed by atoms with Crippen molar-refractivity contribution in [1.82, 2.24) is 10.2 Å². The summed E-state index contributed by atoms with van der Waals surface area (Å²) in [6.07, 6.45) is 4.70. The van der Waals surface area contributed by atoms with Crippen LogP contribution in [0.3, 0.4) is 0 Å². The maximum Gasteiger partial charge on any atom is 0.193 e. The summed E-state index contributed by atoms with van der Waals surface area (Å²) in [6.45, 7) is 1.32. The van der Waals surface area contributed by atoms with Crippen LogP contribution >= 0.6 is 24.0 Å². The summed E-state index contributed by atoms with van der Waals surface area (Å²) in [5.74, 6) is -5.04. The maximum atomic E-state index is 13.7. The molecule has 0 radical (unpaired) electrons. The fourth-order valence-corrected chi connectivity index (χ4v) is 3.48. The number of halogens is 5. The predicted molar refractivity (Wildman–Crippen MR) is 94.4 cm³/mol. The zero-order valence-electron chi connectivity index (χ0n) is 13.3. The summed E-state index contributed by atoms with van der Waals surface area (Å²) in [6, 6.07) is 0.212. The quantitative estimate of drug-likeness (QED) is 0.241. The van der Waals surface area contributed by atoms with Gasteiger partial charge in [0.1, 0.15) is 0 Å². The summed E-state index contributed by atoms with van der Waals surface area (Å²) < 4.78 is 53.8. The summed E-state index contributed by atoms with van der Waals surface area (Å²) in [7, 11) is 1.58. The van der Waals surface area contributed by atoms with E-state index in [1.54, 1.807) is 7.05 Å². The minimum absolute atomic E-state index is 0. The van der Waals surface area contributed by atoms with Crippen LogP contribution in [0.25, 0.3) is 0 Å². The van der Waals surface area contributed by atoms with Gasteiger partial charge < -0.3 is 10.2 Å². The normalized spacial score (nSPS) is 19.2. The van der Waals surface area contributed by atoms with Crippen LogP contribution in [-0.2, 0) is 6.54 Å². The highest BCUT2D eigenvalue weighted by molar-refractivity contribution is 14.0. The number of guanidine groups is 1. The Hall–Kier alpha value is -1.06. The van der Waals surface area contributed by atoms with Gasteiger partial charge in [-0.1, -0.05) is 6.42 Å². The van der Waals surface area contributed by atoms with Crippen LogP contribution in [0.2, 0.25) is 0 Å². The van der Waals surface area contributed by atoms with E-state index < -0.39 is 28.8 Å². The van der Waals surface area contributed by atoms with Crippen molar-refractivity contribution in [3.8, 4) is 0 Å². The average Bonchev–Trinajstić information content (AvgIpc) is 2.94. The van der Waals surface area contributed by atoms with E-state index in [1.165, 1.54) is 19.3 Å². The first-order chi connectivity index (χ1) is 11.0. The first kappa shape index (κ1) is 19.3. The molecule has 1 heterocycles. The third kappa shape index (κ3) is 3.48. The van der Waals surface area contributed by atoms with Crippen LogP contribution in [0.5, 0.6) is 0 Å². The molecule has 134 valence electrons. The molecule has 1 saturated heterocycles. The first-order valence-electron chi connectivity index (χ1n) is 7.73. The van der Waals surface area contributed by atoms with E-state index in [2.05, 4.69) is 10.3 Å². The largest absolute Gasteiger partial charge is 0.352 e. The number of benzene rings is 1. The van der Waals surface area contributed by atoms with Gasteiger partial charge in [0.05, 0.1) is 0 Å². The molecular formula is C16H20F4IN3. The third-order valence-electron chi connectivity index (χ3n) is 4.99. The Morgan fingerprint density at radius 3 is 2.25 bits per heavy atom. The Kier molecular flexibility index (Phi) is 5.98. The summed E-state index contributed by atoms with van der Waals surface area (Å²) in [4.78, 5) is 6.14. The molecule has 8 heteroatoms.